The Morgan fingerprint density at radius 3 is 2.55 bits per heavy atom. The Kier molecular flexibility index (Phi) is 3.48. The van der Waals surface area contributed by atoms with E-state index in [4.69, 9.17) is 5.73 Å². The smallest absolute Gasteiger partial charge is 0.0357 e. The molecule has 0 radical (unpaired) electrons. The fourth-order valence-electron chi connectivity index (χ4n) is 2.52. The normalized spacial score (nSPS) is 12.5. The van der Waals surface area contributed by atoms with E-state index in [1.165, 1.54) is 16.5 Å². The molecule has 0 aliphatic carbocycles. The predicted octanol–water partition coefficient (Wildman–Crippen LogP) is 3.79. The SMILES string of the molecule is Cc1ccc(CC(N)c2cncc3ccccc23)cc1. The summed E-state index contributed by atoms with van der Waals surface area (Å²) in [5.74, 6) is 0. The monoisotopic (exact) mass is 262 g/mol. The van der Waals surface area contributed by atoms with E-state index in [9.17, 15) is 0 Å². The number of hydrogen-bond donors (Lipinski definition) is 1. The largest absolute Gasteiger partial charge is 0.324 e. The minimum Gasteiger partial charge on any atom is -0.324 e. The van der Waals surface area contributed by atoms with Crippen molar-refractivity contribution in [1.82, 2.24) is 4.98 Å². The Morgan fingerprint density at radius 2 is 1.75 bits per heavy atom. The first-order chi connectivity index (χ1) is 9.74. The summed E-state index contributed by atoms with van der Waals surface area (Å²) in [5, 5.41) is 2.34. The van der Waals surface area contributed by atoms with E-state index in [1.54, 1.807) is 0 Å². The number of pyridine rings is 1. The van der Waals surface area contributed by atoms with Crippen LogP contribution < -0.4 is 5.73 Å². The Labute approximate surface area is 119 Å². The van der Waals surface area contributed by atoms with Crippen molar-refractivity contribution < 1.29 is 0 Å². The third-order valence-corrected chi connectivity index (χ3v) is 3.67. The van der Waals surface area contributed by atoms with Crippen molar-refractivity contribution in [2.24, 2.45) is 5.73 Å². The number of fused-ring (bicyclic) bond motifs is 1. The zero-order valence-electron chi connectivity index (χ0n) is 11.6. The fraction of sp³-hybridized carbons (Fsp3) is 0.167. The molecule has 0 amide bonds. The summed E-state index contributed by atoms with van der Waals surface area (Å²) >= 11 is 0. The molecule has 0 fully saturated rings. The second-order valence-corrected chi connectivity index (χ2v) is 5.25. The molecule has 2 aromatic carbocycles. The predicted molar refractivity (Wildman–Crippen MR) is 83.6 cm³/mol. The summed E-state index contributed by atoms with van der Waals surface area (Å²) in [6.45, 7) is 2.10. The number of aromatic nitrogens is 1. The minimum absolute atomic E-state index is 0.0312. The van der Waals surface area contributed by atoms with Crippen molar-refractivity contribution in [3.05, 3.63) is 77.6 Å². The summed E-state index contributed by atoms with van der Waals surface area (Å²) in [6.07, 6.45) is 4.61. The molecule has 0 spiro atoms. The van der Waals surface area contributed by atoms with Crippen molar-refractivity contribution in [3.63, 3.8) is 0 Å². The highest BCUT2D eigenvalue weighted by atomic mass is 14.7. The molecule has 0 aliphatic rings. The van der Waals surface area contributed by atoms with Crippen LogP contribution in [0.15, 0.2) is 60.9 Å². The van der Waals surface area contributed by atoms with E-state index in [0.717, 1.165) is 17.4 Å². The van der Waals surface area contributed by atoms with Gasteiger partial charge in [-0.05, 0) is 29.9 Å². The summed E-state index contributed by atoms with van der Waals surface area (Å²) in [7, 11) is 0. The van der Waals surface area contributed by atoms with Crippen molar-refractivity contribution in [2.75, 3.05) is 0 Å². The molecule has 2 heteroatoms. The molecule has 0 bridgehead atoms. The summed E-state index contributed by atoms with van der Waals surface area (Å²) < 4.78 is 0. The van der Waals surface area contributed by atoms with Crippen LogP contribution in [0.4, 0.5) is 0 Å². The lowest BCUT2D eigenvalue weighted by atomic mass is 9.96. The molecule has 2 nitrogen and oxygen atoms in total. The maximum absolute atomic E-state index is 6.39. The van der Waals surface area contributed by atoms with Crippen LogP contribution in [0.5, 0.6) is 0 Å². The average molecular weight is 262 g/mol. The lowest BCUT2D eigenvalue weighted by Gasteiger charge is -2.14. The Hall–Kier alpha value is -2.19. The molecule has 2 N–H and O–H groups in total. The van der Waals surface area contributed by atoms with Gasteiger partial charge in [0, 0.05) is 23.8 Å². The molecule has 1 unspecified atom stereocenters. The van der Waals surface area contributed by atoms with E-state index in [2.05, 4.69) is 48.3 Å². The van der Waals surface area contributed by atoms with Gasteiger partial charge in [0.2, 0.25) is 0 Å². The molecule has 1 aromatic heterocycles. The van der Waals surface area contributed by atoms with Gasteiger partial charge in [0.05, 0.1) is 0 Å². The summed E-state index contributed by atoms with van der Waals surface area (Å²) in [4.78, 5) is 4.31. The molecule has 0 saturated heterocycles. The van der Waals surface area contributed by atoms with E-state index in [1.807, 2.05) is 24.5 Å². The highest BCUT2D eigenvalue weighted by Crippen LogP contribution is 2.24. The Bertz CT molecular complexity index is 712. The molecule has 100 valence electrons. The standard InChI is InChI=1S/C18H18N2/c1-13-6-8-14(9-7-13)10-18(19)17-12-20-11-15-4-2-3-5-16(15)17/h2-9,11-12,18H,10,19H2,1H3. The zero-order chi connectivity index (χ0) is 13.9. The van der Waals surface area contributed by atoms with E-state index < -0.39 is 0 Å². The van der Waals surface area contributed by atoms with Crippen LogP contribution in [-0.2, 0) is 6.42 Å². The van der Waals surface area contributed by atoms with Crippen LogP contribution >= 0.6 is 0 Å². The van der Waals surface area contributed by atoms with Crippen molar-refractivity contribution >= 4 is 10.8 Å². The first-order valence-corrected chi connectivity index (χ1v) is 6.88. The van der Waals surface area contributed by atoms with Gasteiger partial charge >= 0.3 is 0 Å². The molecule has 1 heterocycles. The molecule has 0 aliphatic heterocycles. The number of nitrogens with two attached hydrogens (primary N) is 1. The van der Waals surface area contributed by atoms with Crippen LogP contribution in [0.25, 0.3) is 10.8 Å². The Morgan fingerprint density at radius 1 is 1.00 bits per heavy atom. The van der Waals surface area contributed by atoms with Crippen LogP contribution in [0, 0.1) is 6.92 Å². The third-order valence-electron chi connectivity index (χ3n) is 3.67. The fourth-order valence-corrected chi connectivity index (χ4v) is 2.52. The van der Waals surface area contributed by atoms with Gasteiger partial charge in [-0.25, -0.2) is 0 Å². The molecule has 0 saturated carbocycles. The van der Waals surface area contributed by atoms with E-state index >= 15 is 0 Å². The van der Waals surface area contributed by atoms with Crippen LogP contribution in [0.3, 0.4) is 0 Å². The molecule has 3 aromatic rings. The minimum atomic E-state index is -0.0312. The van der Waals surface area contributed by atoms with Crippen LogP contribution in [0.2, 0.25) is 0 Å². The number of rotatable bonds is 3. The lowest BCUT2D eigenvalue weighted by molar-refractivity contribution is 0.724. The van der Waals surface area contributed by atoms with Gasteiger partial charge in [-0.15, -0.1) is 0 Å². The average Bonchev–Trinajstić information content (AvgIpc) is 2.49. The van der Waals surface area contributed by atoms with Gasteiger partial charge in [-0.3, -0.25) is 4.98 Å². The van der Waals surface area contributed by atoms with Gasteiger partial charge in [0.25, 0.3) is 0 Å². The topological polar surface area (TPSA) is 38.9 Å². The molecule has 1 atom stereocenters. The highest BCUT2D eigenvalue weighted by Gasteiger charge is 2.11. The first-order valence-electron chi connectivity index (χ1n) is 6.88. The zero-order valence-corrected chi connectivity index (χ0v) is 11.6. The van der Waals surface area contributed by atoms with Crippen LogP contribution in [0.1, 0.15) is 22.7 Å². The summed E-state index contributed by atoms with van der Waals surface area (Å²) in [5.41, 5.74) is 10.0. The van der Waals surface area contributed by atoms with Crippen molar-refractivity contribution in [1.29, 1.82) is 0 Å². The number of aryl methyl sites for hydroxylation is 1. The maximum Gasteiger partial charge on any atom is 0.0357 e. The van der Waals surface area contributed by atoms with E-state index in [-0.39, 0.29) is 6.04 Å². The molecular weight excluding hydrogens is 244 g/mol. The molecular formula is C18H18N2. The maximum atomic E-state index is 6.39. The quantitative estimate of drug-likeness (QED) is 0.780. The van der Waals surface area contributed by atoms with E-state index in [0.29, 0.717) is 0 Å². The molecule has 20 heavy (non-hydrogen) atoms. The third kappa shape index (κ3) is 2.56. The van der Waals surface area contributed by atoms with Crippen molar-refractivity contribution in [3.8, 4) is 0 Å². The summed E-state index contributed by atoms with van der Waals surface area (Å²) in [6, 6.07) is 16.8. The van der Waals surface area contributed by atoms with Gasteiger partial charge in [0.1, 0.15) is 0 Å². The number of nitrogens with zero attached hydrogens (tertiary/aromatic N) is 1. The van der Waals surface area contributed by atoms with Crippen molar-refractivity contribution in [2.45, 2.75) is 19.4 Å². The van der Waals surface area contributed by atoms with Gasteiger partial charge in [-0.2, -0.15) is 0 Å². The van der Waals surface area contributed by atoms with Gasteiger partial charge in [-0.1, -0.05) is 54.1 Å². The number of benzene rings is 2. The first kappa shape index (κ1) is 12.8. The lowest BCUT2D eigenvalue weighted by Crippen LogP contribution is -2.14. The van der Waals surface area contributed by atoms with Crippen LogP contribution in [-0.4, -0.2) is 4.98 Å². The Balaban J connectivity index is 1.92. The number of hydrogen-bond acceptors (Lipinski definition) is 2. The second-order valence-electron chi connectivity index (χ2n) is 5.25. The second kappa shape index (κ2) is 5.43. The van der Waals surface area contributed by atoms with Gasteiger partial charge in [0.15, 0.2) is 0 Å². The highest BCUT2D eigenvalue weighted by molar-refractivity contribution is 5.85. The van der Waals surface area contributed by atoms with Gasteiger partial charge < -0.3 is 5.73 Å². The molecule has 3 rings (SSSR count).